The van der Waals surface area contributed by atoms with Crippen LogP contribution < -0.4 is 0 Å². The highest BCUT2D eigenvalue weighted by molar-refractivity contribution is 6.31. The fourth-order valence-corrected chi connectivity index (χ4v) is 5.91. The molecule has 1 aliphatic rings. The van der Waals surface area contributed by atoms with Crippen LogP contribution in [0.1, 0.15) is 78.9 Å². The van der Waals surface area contributed by atoms with E-state index in [9.17, 15) is 23.2 Å². The van der Waals surface area contributed by atoms with E-state index in [1.807, 2.05) is 48.5 Å². The van der Waals surface area contributed by atoms with Crippen LogP contribution >= 0.6 is 11.6 Å². The zero-order chi connectivity index (χ0) is 38.5. The largest absolute Gasteiger partial charge is 0.466 e. The Hall–Kier alpha value is -5.82. The maximum atomic E-state index is 13.6. The summed E-state index contributed by atoms with van der Waals surface area (Å²) in [6.45, 7) is 4.18. The SMILES string of the molecule is C1CCCCC1.CCOC(=O)Cc1nc2ccccc2[nH]1.CCOC(=O)c1cc2cc(F)cnc2n2c1nc1ccccc12.O=Cc1cc(F)cnc1Cl. The number of halogens is 3. The summed E-state index contributed by atoms with van der Waals surface area (Å²) in [4.78, 5) is 53.0. The second-order valence-corrected chi connectivity index (χ2v) is 12.4. The van der Waals surface area contributed by atoms with Gasteiger partial charge in [0.1, 0.15) is 40.2 Å². The number of rotatable bonds is 6. The molecule has 5 aromatic heterocycles. The molecule has 0 atom stereocenters. The van der Waals surface area contributed by atoms with Crippen molar-refractivity contribution in [1.29, 1.82) is 0 Å². The molecule has 5 heterocycles. The molecule has 1 saturated carbocycles. The summed E-state index contributed by atoms with van der Waals surface area (Å²) in [5.41, 5.74) is 4.71. The minimum absolute atomic E-state index is 0.0244. The van der Waals surface area contributed by atoms with Gasteiger partial charge in [-0.15, -0.1) is 0 Å². The summed E-state index contributed by atoms with van der Waals surface area (Å²) in [7, 11) is 0. The number of esters is 2. The Labute approximate surface area is 314 Å². The van der Waals surface area contributed by atoms with Gasteiger partial charge in [0, 0.05) is 5.39 Å². The molecule has 8 rings (SSSR count). The highest BCUT2D eigenvalue weighted by Crippen LogP contribution is 2.26. The Kier molecular flexibility index (Phi) is 14.1. The van der Waals surface area contributed by atoms with E-state index in [0.717, 1.165) is 40.5 Å². The van der Waals surface area contributed by atoms with Crippen LogP contribution in [0.4, 0.5) is 8.78 Å². The van der Waals surface area contributed by atoms with E-state index >= 15 is 0 Å². The van der Waals surface area contributed by atoms with Crippen LogP contribution in [0.15, 0.2) is 79.1 Å². The first-order valence-electron chi connectivity index (χ1n) is 17.6. The van der Waals surface area contributed by atoms with Crippen molar-refractivity contribution in [2.75, 3.05) is 13.2 Å². The number of nitrogens with zero attached hydrogens (tertiary/aromatic N) is 5. The molecule has 0 aliphatic heterocycles. The first kappa shape index (κ1) is 39.4. The van der Waals surface area contributed by atoms with Gasteiger partial charge in [-0.05, 0) is 56.3 Å². The van der Waals surface area contributed by atoms with E-state index in [-0.39, 0.29) is 29.7 Å². The smallest absolute Gasteiger partial charge is 0.341 e. The lowest BCUT2D eigenvalue weighted by Gasteiger charge is -2.07. The number of H-pyrrole nitrogens is 1. The number of fused-ring (bicyclic) bond motifs is 6. The van der Waals surface area contributed by atoms with Crippen molar-refractivity contribution < 1.29 is 32.6 Å². The summed E-state index contributed by atoms with van der Waals surface area (Å²) < 4.78 is 37.5. The van der Waals surface area contributed by atoms with Gasteiger partial charge in [-0.3, -0.25) is 14.0 Å². The van der Waals surface area contributed by atoms with E-state index < -0.39 is 17.6 Å². The maximum Gasteiger partial charge on any atom is 0.341 e. The van der Waals surface area contributed by atoms with Crippen molar-refractivity contribution in [2.45, 2.75) is 58.8 Å². The molecule has 0 radical (unpaired) electrons. The van der Waals surface area contributed by atoms with Crippen LogP contribution in [-0.4, -0.2) is 60.8 Å². The minimum Gasteiger partial charge on any atom is -0.466 e. The maximum absolute atomic E-state index is 13.6. The third kappa shape index (κ3) is 10.2. The van der Waals surface area contributed by atoms with Gasteiger partial charge in [0.2, 0.25) is 0 Å². The van der Waals surface area contributed by atoms with Crippen molar-refractivity contribution in [3.8, 4) is 0 Å². The fourth-order valence-electron chi connectivity index (χ4n) is 5.76. The molecule has 1 fully saturated rings. The number of carbonyl (C=O) groups excluding carboxylic acids is 3. The molecule has 280 valence electrons. The normalized spacial score (nSPS) is 12.2. The number of aldehydes is 1. The molecule has 0 amide bonds. The number of para-hydroxylation sites is 4. The number of hydrogen-bond donors (Lipinski definition) is 1. The average Bonchev–Trinajstić information content (AvgIpc) is 3.78. The molecule has 11 nitrogen and oxygen atoms in total. The number of benzene rings is 2. The van der Waals surface area contributed by atoms with E-state index in [1.54, 1.807) is 24.3 Å². The number of hydrogen-bond acceptors (Lipinski definition) is 9. The van der Waals surface area contributed by atoms with Gasteiger partial charge in [0.15, 0.2) is 11.9 Å². The van der Waals surface area contributed by atoms with Gasteiger partial charge in [-0.25, -0.2) is 33.5 Å². The Morgan fingerprint density at radius 2 is 1.44 bits per heavy atom. The van der Waals surface area contributed by atoms with E-state index in [4.69, 9.17) is 21.1 Å². The summed E-state index contributed by atoms with van der Waals surface area (Å²) in [5, 5.41) is 0.542. The number of pyridine rings is 3. The van der Waals surface area contributed by atoms with Crippen LogP contribution in [0, 0.1) is 11.6 Å². The van der Waals surface area contributed by atoms with Crippen molar-refractivity contribution in [1.82, 2.24) is 29.3 Å². The van der Waals surface area contributed by atoms with Crippen LogP contribution in [0.2, 0.25) is 5.15 Å². The fraction of sp³-hybridized carbons (Fsp3) is 0.275. The lowest BCUT2D eigenvalue weighted by molar-refractivity contribution is -0.142. The molecule has 0 bridgehead atoms. The molecule has 2 aromatic carbocycles. The van der Waals surface area contributed by atoms with Gasteiger partial charge >= 0.3 is 11.9 Å². The predicted molar refractivity (Wildman–Crippen MR) is 203 cm³/mol. The summed E-state index contributed by atoms with van der Waals surface area (Å²) in [6.07, 6.45) is 11.8. The molecule has 14 heteroatoms. The first-order chi connectivity index (χ1) is 26.2. The number of aromatic amines is 1. The topological polar surface area (TPSA) is 141 Å². The van der Waals surface area contributed by atoms with Crippen molar-refractivity contribution >= 4 is 68.6 Å². The average molecular weight is 757 g/mol. The van der Waals surface area contributed by atoms with Crippen LogP contribution in [0.25, 0.3) is 38.7 Å². The number of carbonyl (C=O) groups is 3. The van der Waals surface area contributed by atoms with Crippen molar-refractivity contribution in [3.05, 3.63) is 113 Å². The number of nitrogens with one attached hydrogen (secondary N) is 1. The van der Waals surface area contributed by atoms with E-state index in [1.165, 1.54) is 44.6 Å². The molecule has 0 saturated heterocycles. The highest BCUT2D eigenvalue weighted by Gasteiger charge is 2.19. The zero-order valence-corrected chi connectivity index (χ0v) is 30.6. The van der Waals surface area contributed by atoms with Crippen LogP contribution in [0.3, 0.4) is 0 Å². The number of aromatic nitrogens is 6. The standard InChI is InChI=1S/C17H12FN3O2.C11H12N2O2.C6H3ClFNO.C6H12/c1-2-23-17(22)12-8-10-7-11(18)9-19-15(10)21-14-6-4-3-5-13(14)20-16(12)21;1-2-15-11(14)7-10-12-8-5-3-4-6-9(8)13-10;7-6-4(3-10)1-5(8)2-9-6;1-2-4-6-5-3-1/h3-9H,2H2,1H3;3-6H,2,7H2,1H3,(H,12,13);1-3H;1-6H2. The Morgan fingerprint density at radius 1 is 0.815 bits per heavy atom. The van der Waals surface area contributed by atoms with Gasteiger partial charge in [-0.2, -0.15) is 0 Å². The molecule has 1 aliphatic carbocycles. The van der Waals surface area contributed by atoms with Gasteiger partial charge in [0.25, 0.3) is 0 Å². The summed E-state index contributed by atoms with van der Waals surface area (Å²) in [5.74, 6) is -1.12. The summed E-state index contributed by atoms with van der Waals surface area (Å²) in [6, 6.07) is 19.1. The molecular weight excluding hydrogens is 718 g/mol. The Balaban J connectivity index is 0.000000155. The molecule has 54 heavy (non-hydrogen) atoms. The third-order valence-electron chi connectivity index (χ3n) is 8.19. The van der Waals surface area contributed by atoms with Gasteiger partial charge in [0.05, 0.1) is 53.2 Å². The lowest BCUT2D eigenvalue weighted by atomic mass is 10.0. The monoisotopic (exact) mass is 756 g/mol. The minimum atomic E-state index is -0.563. The molecule has 1 N–H and O–H groups in total. The Morgan fingerprint density at radius 3 is 2.09 bits per heavy atom. The number of imidazole rings is 2. The summed E-state index contributed by atoms with van der Waals surface area (Å²) >= 11 is 5.39. The highest BCUT2D eigenvalue weighted by atomic mass is 35.5. The quantitative estimate of drug-likeness (QED) is 0.0999. The van der Waals surface area contributed by atoms with Crippen molar-refractivity contribution in [2.24, 2.45) is 0 Å². The lowest BCUT2D eigenvalue weighted by Crippen LogP contribution is -2.08. The number of ether oxygens (including phenoxy) is 2. The second kappa shape index (κ2) is 19.3. The third-order valence-corrected chi connectivity index (χ3v) is 8.50. The molecular formula is C40H39ClF2N6O5. The predicted octanol–water partition coefficient (Wildman–Crippen LogP) is 9.05. The van der Waals surface area contributed by atoms with E-state index in [0.29, 0.717) is 41.0 Å². The van der Waals surface area contributed by atoms with Crippen LogP contribution in [-0.2, 0) is 20.7 Å². The first-order valence-corrected chi connectivity index (χ1v) is 18.0. The Bertz CT molecular complexity index is 2330. The second-order valence-electron chi connectivity index (χ2n) is 12.1. The van der Waals surface area contributed by atoms with Gasteiger partial charge < -0.3 is 14.5 Å². The zero-order valence-electron chi connectivity index (χ0n) is 29.9. The van der Waals surface area contributed by atoms with Crippen molar-refractivity contribution in [3.63, 3.8) is 0 Å². The van der Waals surface area contributed by atoms with E-state index in [2.05, 4.69) is 24.9 Å². The van der Waals surface area contributed by atoms with Crippen LogP contribution in [0.5, 0.6) is 0 Å². The molecule has 0 spiro atoms. The van der Waals surface area contributed by atoms with Gasteiger partial charge in [-0.1, -0.05) is 74.4 Å². The molecule has 7 aromatic rings. The molecule has 0 unspecified atom stereocenters.